The molecular formula is C8H12ClN3OS. The van der Waals surface area contributed by atoms with E-state index in [1.54, 1.807) is 12.5 Å². The van der Waals surface area contributed by atoms with Gasteiger partial charge in [0.1, 0.15) is 11.0 Å². The summed E-state index contributed by atoms with van der Waals surface area (Å²) in [5.41, 5.74) is 0. The summed E-state index contributed by atoms with van der Waals surface area (Å²) < 4.78 is 10.9. The number of nitrogens with one attached hydrogen (secondary N) is 1. The second-order valence-corrected chi connectivity index (χ2v) is 4.88. The lowest BCUT2D eigenvalue weighted by molar-refractivity contribution is 0.683. The Morgan fingerprint density at radius 1 is 1.64 bits per heavy atom. The van der Waals surface area contributed by atoms with Gasteiger partial charge in [0.05, 0.1) is 12.4 Å². The third-order valence-electron chi connectivity index (χ3n) is 1.48. The molecule has 1 rings (SSSR count). The van der Waals surface area contributed by atoms with E-state index in [0.29, 0.717) is 16.7 Å². The van der Waals surface area contributed by atoms with Gasteiger partial charge in [-0.3, -0.25) is 9.19 Å². The molecule has 1 aromatic heterocycles. The van der Waals surface area contributed by atoms with Gasteiger partial charge in [-0.2, -0.15) is 0 Å². The molecule has 1 N–H and O–H groups in total. The van der Waals surface area contributed by atoms with Gasteiger partial charge in [-0.15, -0.1) is 0 Å². The SMILES string of the molecule is CC(CS(C)=O)Nc1cncc(Cl)n1. The smallest absolute Gasteiger partial charge is 0.149 e. The Hall–Kier alpha value is -0.680. The first kappa shape index (κ1) is 11.4. The first-order valence-corrected chi connectivity index (χ1v) is 6.22. The molecule has 0 bridgehead atoms. The predicted octanol–water partition coefficient (Wildman–Crippen LogP) is 1.31. The zero-order chi connectivity index (χ0) is 10.6. The first-order chi connectivity index (χ1) is 6.58. The summed E-state index contributed by atoms with van der Waals surface area (Å²) in [6, 6.07) is 0.0913. The van der Waals surface area contributed by atoms with E-state index in [2.05, 4.69) is 15.3 Å². The van der Waals surface area contributed by atoms with Gasteiger partial charge in [0.15, 0.2) is 0 Å². The van der Waals surface area contributed by atoms with Crippen molar-refractivity contribution in [2.24, 2.45) is 0 Å². The number of halogens is 1. The minimum atomic E-state index is -0.818. The van der Waals surface area contributed by atoms with Crippen LogP contribution in [0, 0.1) is 0 Å². The lowest BCUT2D eigenvalue weighted by atomic mass is 10.4. The molecule has 0 aliphatic rings. The van der Waals surface area contributed by atoms with E-state index in [0.717, 1.165) is 0 Å². The van der Waals surface area contributed by atoms with E-state index >= 15 is 0 Å². The molecule has 4 nitrogen and oxygen atoms in total. The van der Waals surface area contributed by atoms with E-state index in [1.807, 2.05) is 6.92 Å². The van der Waals surface area contributed by atoms with Crippen LogP contribution in [0.1, 0.15) is 6.92 Å². The van der Waals surface area contributed by atoms with Crippen LogP contribution < -0.4 is 5.32 Å². The fourth-order valence-electron chi connectivity index (χ4n) is 1.06. The molecule has 6 heteroatoms. The molecule has 2 atom stereocenters. The Kier molecular flexibility index (Phi) is 4.28. The molecule has 0 aliphatic heterocycles. The molecule has 0 aromatic carbocycles. The lowest BCUT2D eigenvalue weighted by Gasteiger charge is -2.12. The van der Waals surface area contributed by atoms with Gasteiger partial charge in [-0.25, -0.2) is 4.98 Å². The molecular weight excluding hydrogens is 222 g/mol. The summed E-state index contributed by atoms with van der Waals surface area (Å²) in [4.78, 5) is 7.90. The second-order valence-electron chi connectivity index (χ2n) is 3.01. The van der Waals surface area contributed by atoms with E-state index in [1.165, 1.54) is 6.20 Å². The van der Waals surface area contributed by atoms with E-state index < -0.39 is 10.8 Å². The molecule has 1 aromatic rings. The Morgan fingerprint density at radius 2 is 2.36 bits per heavy atom. The van der Waals surface area contributed by atoms with Crippen LogP contribution in [0.25, 0.3) is 0 Å². The molecule has 0 radical (unpaired) electrons. The van der Waals surface area contributed by atoms with Gasteiger partial charge in [0.2, 0.25) is 0 Å². The molecule has 2 unspecified atom stereocenters. The summed E-state index contributed by atoms with van der Waals surface area (Å²) in [5, 5.41) is 3.41. The first-order valence-electron chi connectivity index (χ1n) is 4.12. The Balaban J connectivity index is 2.55. The monoisotopic (exact) mass is 233 g/mol. The second kappa shape index (κ2) is 5.26. The van der Waals surface area contributed by atoms with Crippen LogP contribution in [0.4, 0.5) is 5.82 Å². The van der Waals surface area contributed by atoms with Crippen LogP contribution in [0.2, 0.25) is 5.15 Å². The van der Waals surface area contributed by atoms with Crippen molar-refractivity contribution in [2.75, 3.05) is 17.3 Å². The van der Waals surface area contributed by atoms with Crippen LogP contribution in [-0.4, -0.2) is 32.2 Å². The summed E-state index contributed by atoms with van der Waals surface area (Å²) in [6.45, 7) is 1.93. The highest BCUT2D eigenvalue weighted by atomic mass is 35.5. The van der Waals surface area contributed by atoms with E-state index in [9.17, 15) is 4.21 Å². The number of rotatable bonds is 4. The van der Waals surface area contributed by atoms with Gasteiger partial charge < -0.3 is 5.32 Å². The molecule has 0 saturated heterocycles. The topological polar surface area (TPSA) is 54.9 Å². The number of aromatic nitrogens is 2. The average molecular weight is 234 g/mol. The molecule has 14 heavy (non-hydrogen) atoms. The van der Waals surface area contributed by atoms with Gasteiger partial charge in [-0.1, -0.05) is 11.6 Å². The van der Waals surface area contributed by atoms with Gasteiger partial charge in [0.25, 0.3) is 0 Å². The highest BCUT2D eigenvalue weighted by Crippen LogP contribution is 2.07. The summed E-state index contributed by atoms with van der Waals surface area (Å²) in [6.07, 6.45) is 4.72. The standard InChI is InChI=1S/C8H12ClN3OS/c1-6(5-14(2)13)11-8-4-10-3-7(9)12-8/h3-4,6H,5H2,1-2H3,(H,11,12). The summed E-state index contributed by atoms with van der Waals surface area (Å²) >= 11 is 5.66. The Morgan fingerprint density at radius 3 is 2.93 bits per heavy atom. The molecule has 0 aliphatic carbocycles. The quantitative estimate of drug-likeness (QED) is 0.852. The van der Waals surface area contributed by atoms with Crippen LogP contribution in [0.3, 0.4) is 0 Å². The van der Waals surface area contributed by atoms with Crippen LogP contribution in [0.15, 0.2) is 12.4 Å². The van der Waals surface area contributed by atoms with Crippen molar-refractivity contribution in [1.82, 2.24) is 9.97 Å². The molecule has 0 fully saturated rings. The number of anilines is 1. The van der Waals surface area contributed by atoms with Crippen LogP contribution in [0.5, 0.6) is 0 Å². The number of hydrogen-bond donors (Lipinski definition) is 1. The zero-order valence-electron chi connectivity index (χ0n) is 8.03. The minimum absolute atomic E-state index is 0.0913. The van der Waals surface area contributed by atoms with E-state index in [-0.39, 0.29) is 6.04 Å². The maximum atomic E-state index is 10.9. The van der Waals surface area contributed by atoms with Crippen molar-refractivity contribution in [2.45, 2.75) is 13.0 Å². The van der Waals surface area contributed by atoms with Crippen molar-refractivity contribution in [3.05, 3.63) is 17.5 Å². The van der Waals surface area contributed by atoms with Gasteiger partial charge in [-0.05, 0) is 6.92 Å². The fourth-order valence-corrected chi connectivity index (χ4v) is 1.99. The number of nitrogens with zero attached hydrogens (tertiary/aromatic N) is 2. The van der Waals surface area contributed by atoms with Crippen molar-refractivity contribution < 1.29 is 4.21 Å². The minimum Gasteiger partial charge on any atom is -0.365 e. The Labute approximate surface area is 90.6 Å². The van der Waals surface area contributed by atoms with Crippen LogP contribution in [-0.2, 0) is 10.8 Å². The fraction of sp³-hybridized carbons (Fsp3) is 0.500. The van der Waals surface area contributed by atoms with Crippen molar-refractivity contribution >= 4 is 28.2 Å². The highest BCUT2D eigenvalue weighted by molar-refractivity contribution is 7.84. The molecule has 78 valence electrons. The van der Waals surface area contributed by atoms with E-state index in [4.69, 9.17) is 11.6 Å². The zero-order valence-corrected chi connectivity index (χ0v) is 9.60. The van der Waals surface area contributed by atoms with Crippen LogP contribution >= 0.6 is 11.6 Å². The molecule has 0 saturated carbocycles. The molecule has 0 spiro atoms. The molecule has 1 heterocycles. The maximum absolute atomic E-state index is 10.9. The highest BCUT2D eigenvalue weighted by Gasteiger charge is 2.05. The number of hydrogen-bond acceptors (Lipinski definition) is 4. The van der Waals surface area contributed by atoms with Crippen molar-refractivity contribution in [3.8, 4) is 0 Å². The largest absolute Gasteiger partial charge is 0.365 e. The summed E-state index contributed by atoms with van der Waals surface area (Å²) in [7, 11) is -0.818. The predicted molar refractivity (Wildman–Crippen MR) is 59.1 cm³/mol. The van der Waals surface area contributed by atoms with Gasteiger partial charge in [0, 0.05) is 28.9 Å². The lowest BCUT2D eigenvalue weighted by Crippen LogP contribution is -2.22. The maximum Gasteiger partial charge on any atom is 0.149 e. The summed E-state index contributed by atoms with van der Waals surface area (Å²) in [5.74, 6) is 1.18. The molecule has 0 amide bonds. The van der Waals surface area contributed by atoms with Crippen molar-refractivity contribution in [3.63, 3.8) is 0 Å². The van der Waals surface area contributed by atoms with Gasteiger partial charge >= 0.3 is 0 Å². The Bertz CT molecular complexity index is 334. The normalized spacial score (nSPS) is 14.8. The third-order valence-corrected chi connectivity index (χ3v) is 2.64. The van der Waals surface area contributed by atoms with Crippen molar-refractivity contribution in [1.29, 1.82) is 0 Å². The third kappa shape index (κ3) is 4.02. The average Bonchev–Trinajstić information content (AvgIpc) is 2.01.